The Morgan fingerprint density at radius 2 is 2.27 bits per heavy atom. The topological polar surface area (TPSA) is 80.0 Å². The number of benzene rings is 1. The number of carbonyl (C=O) groups is 1. The van der Waals surface area contributed by atoms with E-state index >= 15 is 0 Å². The Balaban J connectivity index is 1.96. The van der Waals surface area contributed by atoms with Crippen molar-refractivity contribution in [1.29, 1.82) is 0 Å². The molecule has 1 aromatic carbocycles. The number of nitrogens with two attached hydrogens (primary N) is 1. The molecule has 1 aromatic rings. The smallest absolute Gasteiger partial charge is 0.248 e. The first-order chi connectivity index (χ1) is 10.6. The zero-order valence-corrected chi connectivity index (χ0v) is 13.2. The minimum Gasteiger partial charge on any atom is -0.383 e. The molecule has 0 radical (unpaired) electrons. The van der Waals surface area contributed by atoms with Gasteiger partial charge in [0.15, 0.2) is 5.96 Å². The van der Waals surface area contributed by atoms with Crippen molar-refractivity contribution < 1.29 is 9.53 Å². The van der Waals surface area contributed by atoms with Gasteiger partial charge < -0.3 is 20.7 Å². The predicted octanol–water partition coefficient (Wildman–Crippen LogP) is 0.905. The van der Waals surface area contributed by atoms with Crippen LogP contribution < -0.4 is 16.0 Å². The van der Waals surface area contributed by atoms with E-state index in [0.29, 0.717) is 6.61 Å². The van der Waals surface area contributed by atoms with Crippen molar-refractivity contribution in [2.24, 2.45) is 10.7 Å². The van der Waals surface area contributed by atoms with Crippen molar-refractivity contribution in [2.45, 2.75) is 25.8 Å². The third-order valence-electron chi connectivity index (χ3n) is 3.61. The number of hydrogen-bond acceptors (Lipinski definition) is 3. The van der Waals surface area contributed by atoms with Gasteiger partial charge in [-0.15, -0.1) is 0 Å². The van der Waals surface area contributed by atoms with Gasteiger partial charge in [-0.2, -0.15) is 0 Å². The van der Waals surface area contributed by atoms with E-state index in [0.717, 1.165) is 25.1 Å². The summed E-state index contributed by atoms with van der Waals surface area (Å²) in [5.74, 6) is 0.236. The van der Waals surface area contributed by atoms with Crippen LogP contribution in [0.4, 0.5) is 5.69 Å². The van der Waals surface area contributed by atoms with Crippen molar-refractivity contribution in [2.75, 3.05) is 31.7 Å². The van der Waals surface area contributed by atoms with Gasteiger partial charge >= 0.3 is 0 Å². The van der Waals surface area contributed by atoms with E-state index < -0.39 is 0 Å². The van der Waals surface area contributed by atoms with Gasteiger partial charge in [0, 0.05) is 25.4 Å². The number of hydrogen-bond donors (Lipinski definition) is 2. The normalized spacial score (nSPS) is 16.1. The molecule has 0 bridgehead atoms. The van der Waals surface area contributed by atoms with Crippen molar-refractivity contribution >= 4 is 17.6 Å². The molecule has 0 aromatic heterocycles. The summed E-state index contributed by atoms with van der Waals surface area (Å²) < 4.78 is 5.02. The molecule has 120 valence electrons. The third-order valence-corrected chi connectivity index (χ3v) is 3.61. The summed E-state index contributed by atoms with van der Waals surface area (Å²) in [5, 5.41) is 2.99. The maximum atomic E-state index is 12.4. The Bertz CT molecular complexity index is 545. The average Bonchev–Trinajstić information content (AvgIpc) is 2.52. The van der Waals surface area contributed by atoms with E-state index in [4.69, 9.17) is 10.5 Å². The molecule has 1 heterocycles. The SMILES string of the molecule is COCC(C)NC(N)=NCC(=O)N1CCCc2ccccc21. The highest BCUT2D eigenvalue weighted by atomic mass is 16.5. The van der Waals surface area contributed by atoms with Gasteiger partial charge in [-0.25, -0.2) is 4.99 Å². The minimum absolute atomic E-state index is 0.0312. The van der Waals surface area contributed by atoms with Crippen LogP contribution in [0.25, 0.3) is 0 Å². The number of fused-ring (bicyclic) bond motifs is 1. The van der Waals surface area contributed by atoms with Gasteiger partial charge in [0.25, 0.3) is 0 Å². The Labute approximate surface area is 131 Å². The minimum atomic E-state index is -0.0312. The Morgan fingerprint density at radius 1 is 1.50 bits per heavy atom. The lowest BCUT2D eigenvalue weighted by Crippen LogP contribution is -2.42. The van der Waals surface area contributed by atoms with Crippen molar-refractivity contribution in [1.82, 2.24) is 5.32 Å². The van der Waals surface area contributed by atoms with Gasteiger partial charge in [0.05, 0.1) is 6.61 Å². The van der Waals surface area contributed by atoms with Gasteiger partial charge in [0.1, 0.15) is 6.54 Å². The van der Waals surface area contributed by atoms with Crippen LogP contribution in [0.2, 0.25) is 0 Å². The molecule has 22 heavy (non-hydrogen) atoms. The van der Waals surface area contributed by atoms with Crippen LogP contribution in [0.1, 0.15) is 18.9 Å². The molecule has 0 fully saturated rings. The maximum Gasteiger partial charge on any atom is 0.248 e. The number of guanidine groups is 1. The number of anilines is 1. The van der Waals surface area contributed by atoms with E-state index in [1.807, 2.05) is 25.1 Å². The lowest BCUT2D eigenvalue weighted by Gasteiger charge is -2.29. The van der Waals surface area contributed by atoms with Crippen LogP contribution in [0.15, 0.2) is 29.3 Å². The van der Waals surface area contributed by atoms with Crippen LogP contribution >= 0.6 is 0 Å². The molecule has 1 unspecified atom stereocenters. The highest BCUT2D eigenvalue weighted by Crippen LogP contribution is 2.26. The molecule has 6 heteroatoms. The summed E-state index contributed by atoms with van der Waals surface area (Å²) in [5.41, 5.74) is 8.00. The second kappa shape index (κ2) is 7.79. The molecule has 0 saturated heterocycles. The van der Waals surface area contributed by atoms with E-state index in [2.05, 4.69) is 16.4 Å². The molecule has 1 amide bonds. The predicted molar refractivity (Wildman–Crippen MR) is 88.1 cm³/mol. The molecular formula is C16H24N4O2. The first-order valence-corrected chi connectivity index (χ1v) is 7.55. The Morgan fingerprint density at radius 3 is 3.05 bits per heavy atom. The fourth-order valence-corrected chi connectivity index (χ4v) is 2.62. The fourth-order valence-electron chi connectivity index (χ4n) is 2.62. The highest BCUT2D eigenvalue weighted by molar-refractivity contribution is 5.97. The summed E-state index contributed by atoms with van der Waals surface area (Å²) >= 11 is 0. The average molecular weight is 304 g/mol. The summed E-state index contributed by atoms with van der Waals surface area (Å²) in [6.07, 6.45) is 1.99. The van der Waals surface area contributed by atoms with E-state index in [-0.39, 0.29) is 24.5 Å². The lowest BCUT2D eigenvalue weighted by molar-refractivity contribution is -0.117. The first kappa shape index (κ1) is 16.3. The number of aryl methyl sites for hydroxylation is 1. The zero-order chi connectivity index (χ0) is 15.9. The van der Waals surface area contributed by atoms with E-state index in [1.54, 1.807) is 12.0 Å². The van der Waals surface area contributed by atoms with Crippen LogP contribution in [0.5, 0.6) is 0 Å². The number of methoxy groups -OCH3 is 1. The van der Waals surface area contributed by atoms with Crippen LogP contribution in [-0.4, -0.2) is 44.7 Å². The number of carbonyl (C=O) groups excluding carboxylic acids is 1. The molecule has 2 rings (SSSR count). The van der Waals surface area contributed by atoms with E-state index in [1.165, 1.54) is 5.56 Å². The fraction of sp³-hybridized carbons (Fsp3) is 0.500. The summed E-state index contributed by atoms with van der Waals surface area (Å²) in [6.45, 7) is 3.25. The number of ether oxygens (including phenoxy) is 1. The van der Waals surface area contributed by atoms with Gasteiger partial charge in [-0.05, 0) is 31.4 Å². The molecule has 1 aliphatic rings. The quantitative estimate of drug-likeness (QED) is 0.626. The zero-order valence-electron chi connectivity index (χ0n) is 13.2. The standard InChI is InChI=1S/C16H24N4O2/c1-12(11-22-2)19-16(17)18-10-15(21)20-9-5-7-13-6-3-4-8-14(13)20/h3-4,6,8,12H,5,7,9-11H2,1-2H3,(H3,17,18,19). The number of aliphatic imine (C=N–C) groups is 1. The van der Waals surface area contributed by atoms with Crippen LogP contribution in [-0.2, 0) is 16.0 Å². The van der Waals surface area contributed by atoms with Crippen molar-refractivity contribution in [3.05, 3.63) is 29.8 Å². The second-order valence-corrected chi connectivity index (χ2v) is 5.48. The third kappa shape index (κ3) is 4.21. The highest BCUT2D eigenvalue weighted by Gasteiger charge is 2.21. The largest absolute Gasteiger partial charge is 0.383 e. The van der Waals surface area contributed by atoms with Gasteiger partial charge in [0.2, 0.25) is 5.91 Å². The molecule has 1 atom stereocenters. The van der Waals surface area contributed by atoms with E-state index in [9.17, 15) is 4.79 Å². The maximum absolute atomic E-state index is 12.4. The summed E-state index contributed by atoms with van der Waals surface area (Å²) in [4.78, 5) is 18.3. The Kier molecular flexibility index (Phi) is 5.77. The summed E-state index contributed by atoms with van der Waals surface area (Å²) in [6, 6.07) is 8.07. The number of rotatable bonds is 5. The molecule has 0 saturated carbocycles. The van der Waals surface area contributed by atoms with Gasteiger partial charge in [-0.1, -0.05) is 18.2 Å². The molecular weight excluding hydrogens is 280 g/mol. The van der Waals surface area contributed by atoms with Crippen molar-refractivity contribution in [3.8, 4) is 0 Å². The Hall–Kier alpha value is -2.08. The molecule has 1 aliphatic heterocycles. The molecule has 6 nitrogen and oxygen atoms in total. The van der Waals surface area contributed by atoms with Crippen LogP contribution in [0.3, 0.4) is 0 Å². The van der Waals surface area contributed by atoms with Gasteiger partial charge in [-0.3, -0.25) is 4.79 Å². The second-order valence-electron chi connectivity index (χ2n) is 5.48. The summed E-state index contributed by atoms with van der Waals surface area (Å²) in [7, 11) is 1.63. The van der Waals surface area contributed by atoms with Crippen molar-refractivity contribution in [3.63, 3.8) is 0 Å². The van der Waals surface area contributed by atoms with Crippen LogP contribution in [0, 0.1) is 0 Å². The number of para-hydroxylation sites is 1. The number of nitrogens with zero attached hydrogens (tertiary/aromatic N) is 2. The number of amides is 1. The first-order valence-electron chi connectivity index (χ1n) is 7.55. The lowest BCUT2D eigenvalue weighted by atomic mass is 10.0. The number of nitrogens with one attached hydrogen (secondary N) is 1. The molecule has 3 N–H and O–H groups in total. The monoisotopic (exact) mass is 304 g/mol. The molecule has 0 spiro atoms. The molecule has 0 aliphatic carbocycles.